The molecule has 0 spiro atoms. The Bertz CT molecular complexity index is 209. The third kappa shape index (κ3) is 2.71. The largest absolute Gasteiger partial charge is 0.461 e. The van der Waals surface area contributed by atoms with Gasteiger partial charge in [-0.1, -0.05) is 6.92 Å². The molecule has 0 radical (unpaired) electrons. The highest BCUT2D eigenvalue weighted by atomic mass is 16.5. The molecule has 0 bridgehead atoms. The van der Waals surface area contributed by atoms with E-state index in [-0.39, 0.29) is 17.6 Å². The Morgan fingerprint density at radius 1 is 1.43 bits per heavy atom. The number of hydrogen-bond donors (Lipinski definition) is 1. The van der Waals surface area contributed by atoms with Crippen LogP contribution in [0.15, 0.2) is 0 Å². The Hall–Kier alpha value is -0.570. The van der Waals surface area contributed by atoms with Crippen LogP contribution in [0.4, 0.5) is 0 Å². The fourth-order valence-electron chi connectivity index (χ4n) is 1.46. The molecule has 0 amide bonds. The van der Waals surface area contributed by atoms with Crippen LogP contribution in [0.1, 0.15) is 47.0 Å². The Morgan fingerprint density at radius 3 is 2.36 bits per heavy atom. The van der Waals surface area contributed by atoms with Crippen LogP contribution in [0.2, 0.25) is 0 Å². The lowest BCUT2D eigenvalue weighted by molar-refractivity contribution is -0.152. The van der Waals surface area contributed by atoms with Gasteiger partial charge in [0.2, 0.25) is 0 Å². The average molecular weight is 199 g/mol. The van der Waals surface area contributed by atoms with Crippen LogP contribution in [0.25, 0.3) is 0 Å². The van der Waals surface area contributed by atoms with Crippen LogP contribution in [-0.4, -0.2) is 23.7 Å². The predicted molar refractivity (Wildman–Crippen MR) is 56.1 cm³/mol. The van der Waals surface area contributed by atoms with Crippen molar-refractivity contribution in [3.8, 4) is 0 Å². The summed E-state index contributed by atoms with van der Waals surface area (Å²) in [6.45, 7) is 8.06. The molecule has 3 heteroatoms. The lowest BCUT2D eigenvalue weighted by Gasteiger charge is -2.21. The van der Waals surface area contributed by atoms with E-state index in [2.05, 4.69) is 19.2 Å². The van der Waals surface area contributed by atoms with Crippen molar-refractivity contribution in [1.82, 2.24) is 5.32 Å². The summed E-state index contributed by atoms with van der Waals surface area (Å²) in [5.41, 5.74) is -0.350. The van der Waals surface area contributed by atoms with Gasteiger partial charge in [-0.05, 0) is 40.0 Å². The quantitative estimate of drug-likeness (QED) is 0.687. The normalized spacial score (nSPS) is 20.6. The van der Waals surface area contributed by atoms with E-state index in [0.717, 1.165) is 19.3 Å². The molecule has 0 aromatic heterocycles. The minimum Gasteiger partial charge on any atom is -0.461 e. The van der Waals surface area contributed by atoms with Gasteiger partial charge in [-0.3, -0.25) is 10.1 Å². The molecule has 1 atom stereocenters. The first-order valence-corrected chi connectivity index (χ1v) is 5.49. The van der Waals surface area contributed by atoms with Crippen LogP contribution in [-0.2, 0) is 9.53 Å². The van der Waals surface area contributed by atoms with E-state index in [1.807, 2.05) is 13.8 Å². The molecule has 1 aliphatic rings. The van der Waals surface area contributed by atoms with Crippen molar-refractivity contribution in [2.45, 2.75) is 64.6 Å². The summed E-state index contributed by atoms with van der Waals surface area (Å²) in [6, 6.07) is 0.335. The molecule has 0 heterocycles. The van der Waals surface area contributed by atoms with Crippen LogP contribution in [0.3, 0.4) is 0 Å². The van der Waals surface area contributed by atoms with E-state index < -0.39 is 0 Å². The van der Waals surface area contributed by atoms with Gasteiger partial charge in [0.05, 0.1) is 6.10 Å². The van der Waals surface area contributed by atoms with Gasteiger partial charge in [-0.25, -0.2) is 0 Å². The minimum absolute atomic E-state index is 0.0361. The number of esters is 1. The van der Waals surface area contributed by atoms with Gasteiger partial charge in [-0.2, -0.15) is 0 Å². The Balaban J connectivity index is 2.43. The van der Waals surface area contributed by atoms with Crippen LogP contribution >= 0.6 is 0 Å². The standard InChI is InChI=1S/C11H21NO2/c1-5-9(4)14-10(13)11(6-7-11)12-8(2)3/h8-9,12H,5-7H2,1-4H3. The zero-order chi connectivity index (χ0) is 10.8. The van der Waals surface area contributed by atoms with Crippen molar-refractivity contribution < 1.29 is 9.53 Å². The molecule has 82 valence electrons. The van der Waals surface area contributed by atoms with Crippen LogP contribution in [0, 0.1) is 0 Å². The zero-order valence-electron chi connectivity index (χ0n) is 9.59. The lowest BCUT2D eigenvalue weighted by atomic mass is 10.2. The molecule has 1 rings (SSSR count). The maximum Gasteiger partial charge on any atom is 0.326 e. The summed E-state index contributed by atoms with van der Waals surface area (Å²) in [5, 5.41) is 3.28. The van der Waals surface area contributed by atoms with E-state index in [1.54, 1.807) is 0 Å². The summed E-state index contributed by atoms with van der Waals surface area (Å²) in [5.74, 6) is -0.0689. The van der Waals surface area contributed by atoms with E-state index in [1.165, 1.54) is 0 Å². The number of carbonyl (C=O) groups excluding carboxylic acids is 1. The van der Waals surface area contributed by atoms with Gasteiger partial charge in [0, 0.05) is 6.04 Å². The molecule has 0 aromatic carbocycles. The highest BCUT2D eigenvalue weighted by Gasteiger charge is 2.51. The average Bonchev–Trinajstić information content (AvgIpc) is 2.84. The third-order valence-electron chi connectivity index (χ3n) is 2.59. The predicted octanol–water partition coefficient (Wildman–Crippen LogP) is 1.86. The molecule has 1 saturated carbocycles. The van der Waals surface area contributed by atoms with Crippen molar-refractivity contribution in [2.75, 3.05) is 0 Å². The molecule has 14 heavy (non-hydrogen) atoms. The first kappa shape index (κ1) is 11.5. The molecule has 3 nitrogen and oxygen atoms in total. The Morgan fingerprint density at radius 2 is 2.00 bits per heavy atom. The van der Waals surface area contributed by atoms with E-state index in [9.17, 15) is 4.79 Å². The maximum atomic E-state index is 11.7. The molecule has 1 N–H and O–H groups in total. The lowest BCUT2D eigenvalue weighted by Crippen LogP contribution is -2.45. The highest BCUT2D eigenvalue weighted by molar-refractivity contribution is 5.84. The minimum atomic E-state index is -0.350. The van der Waals surface area contributed by atoms with E-state index in [0.29, 0.717) is 6.04 Å². The van der Waals surface area contributed by atoms with Crippen molar-refractivity contribution in [1.29, 1.82) is 0 Å². The van der Waals surface area contributed by atoms with Crippen LogP contribution < -0.4 is 5.32 Å². The first-order valence-electron chi connectivity index (χ1n) is 5.49. The number of hydrogen-bond acceptors (Lipinski definition) is 3. The molecule has 1 fully saturated rings. The third-order valence-corrected chi connectivity index (χ3v) is 2.59. The summed E-state index contributed by atoms with van der Waals surface area (Å²) >= 11 is 0. The molecule has 0 saturated heterocycles. The van der Waals surface area contributed by atoms with Gasteiger partial charge in [-0.15, -0.1) is 0 Å². The Labute approximate surface area is 86.2 Å². The Kier molecular flexibility index (Phi) is 3.53. The number of ether oxygens (including phenoxy) is 1. The number of carbonyl (C=O) groups is 1. The van der Waals surface area contributed by atoms with Crippen molar-refractivity contribution in [3.05, 3.63) is 0 Å². The molecule has 1 aliphatic carbocycles. The maximum absolute atomic E-state index is 11.7. The molecule has 1 unspecified atom stereocenters. The van der Waals surface area contributed by atoms with Crippen molar-refractivity contribution >= 4 is 5.97 Å². The molecule has 0 aliphatic heterocycles. The summed E-state index contributed by atoms with van der Waals surface area (Å²) in [4.78, 5) is 11.7. The van der Waals surface area contributed by atoms with Gasteiger partial charge < -0.3 is 4.74 Å². The van der Waals surface area contributed by atoms with Gasteiger partial charge in [0.15, 0.2) is 0 Å². The highest BCUT2D eigenvalue weighted by Crippen LogP contribution is 2.37. The van der Waals surface area contributed by atoms with Crippen LogP contribution in [0.5, 0.6) is 0 Å². The monoisotopic (exact) mass is 199 g/mol. The number of rotatable bonds is 5. The second-order valence-electron chi connectivity index (χ2n) is 4.51. The molecular formula is C11H21NO2. The summed E-state index contributed by atoms with van der Waals surface area (Å²) in [6.07, 6.45) is 2.75. The molecule has 0 aromatic rings. The smallest absolute Gasteiger partial charge is 0.326 e. The molecular weight excluding hydrogens is 178 g/mol. The second kappa shape index (κ2) is 4.30. The second-order valence-corrected chi connectivity index (χ2v) is 4.51. The SMILES string of the molecule is CCC(C)OC(=O)C1(NC(C)C)CC1. The fraction of sp³-hybridized carbons (Fsp3) is 0.909. The van der Waals surface area contributed by atoms with Gasteiger partial charge in [0.25, 0.3) is 0 Å². The fourth-order valence-corrected chi connectivity index (χ4v) is 1.46. The first-order chi connectivity index (χ1) is 6.50. The number of nitrogens with one attached hydrogen (secondary N) is 1. The van der Waals surface area contributed by atoms with Crippen molar-refractivity contribution in [2.24, 2.45) is 0 Å². The summed E-state index contributed by atoms with van der Waals surface area (Å²) in [7, 11) is 0. The van der Waals surface area contributed by atoms with Gasteiger partial charge in [0.1, 0.15) is 5.54 Å². The summed E-state index contributed by atoms with van der Waals surface area (Å²) < 4.78 is 5.33. The zero-order valence-corrected chi connectivity index (χ0v) is 9.59. The van der Waals surface area contributed by atoms with Gasteiger partial charge >= 0.3 is 5.97 Å². The van der Waals surface area contributed by atoms with Crippen molar-refractivity contribution in [3.63, 3.8) is 0 Å². The van der Waals surface area contributed by atoms with E-state index in [4.69, 9.17) is 4.74 Å². The van der Waals surface area contributed by atoms with E-state index >= 15 is 0 Å². The topological polar surface area (TPSA) is 38.3 Å².